The molecule has 0 aliphatic heterocycles. The predicted molar refractivity (Wildman–Crippen MR) is 80.5 cm³/mol. The summed E-state index contributed by atoms with van der Waals surface area (Å²) in [5, 5.41) is 5.07. The maximum atomic E-state index is 13.0. The molecule has 2 N–H and O–H groups in total. The molecule has 2 amide bonds. The first kappa shape index (κ1) is 17.5. The molecule has 0 aliphatic carbocycles. The molecule has 0 radical (unpaired) electrons. The molecule has 0 unspecified atom stereocenters. The Balaban J connectivity index is 1.70. The van der Waals surface area contributed by atoms with Crippen LogP contribution in [0.5, 0.6) is 5.75 Å². The average molecular weight is 338 g/mol. The van der Waals surface area contributed by atoms with Crippen LogP contribution < -0.4 is 15.4 Å². The molecule has 1 aromatic carbocycles. The second-order valence-corrected chi connectivity index (χ2v) is 4.92. The van der Waals surface area contributed by atoms with Crippen molar-refractivity contribution in [3.8, 4) is 5.75 Å². The highest BCUT2D eigenvalue weighted by Crippen LogP contribution is 2.14. The van der Waals surface area contributed by atoms with Crippen molar-refractivity contribution in [1.29, 1.82) is 0 Å². The third-order valence-electron chi connectivity index (χ3n) is 3.09. The van der Waals surface area contributed by atoms with Crippen LogP contribution in [0.4, 0.5) is 8.78 Å². The summed E-state index contributed by atoms with van der Waals surface area (Å²) < 4.78 is 35.7. The van der Waals surface area contributed by atoms with Gasteiger partial charge in [-0.05, 0) is 25.1 Å². The number of halogens is 2. The lowest BCUT2D eigenvalue weighted by molar-refractivity contribution is -0.122. The van der Waals surface area contributed by atoms with Crippen molar-refractivity contribution >= 4 is 11.8 Å². The molecule has 6 nitrogen and oxygen atoms in total. The van der Waals surface area contributed by atoms with E-state index >= 15 is 0 Å². The maximum absolute atomic E-state index is 13.0. The molecule has 0 fully saturated rings. The smallest absolute Gasteiger partial charge is 0.255 e. The molecule has 0 aliphatic rings. The first-order chi connectivity index (χ1) is 11.5. The number of hydrogen-bond donors (Lipinski definition) is 2. The van der Waals surface area contributed by atoms with E-state index in [1.165, 1.54) is 31.6 Å². The van der Waals surface area contributed by atoms with Gasteiger partial charge in [0.2, 0.25) is 5.91 Å². The van der Waals surface area contributed by atoms with Gasteiger partial charge >= 0.3 is 0 Å². The molecule has 2 aromatic rings. The van der Waals surface area contributed by atoms with Gasteiger partial charge in [-0.15, -0.1) is 0 Å². The molecule has 0 saturated heterocycles. The van der Waals surface area contributed by atoms with Crippen LogP contribution in [0.15, 0.2) is 41.2 Å². The molecule has 0 spiro atoms. The molecule has 24 heavy (non-hydrogen) atoms. The Hall–Kier alpha value is -2.90. The highest BCUT2D eigenvalue weighted by atomic mass is 19.2. The first-order valence-electron chi connectivity index (χ1n) is 7.16. The minimum atomic E-state index is -1.01. The number of carbonyl (C=O) groups is 2. The predicted octanol–water partition coefficient (Wildman–Crippen LogP) is 1.87. The number of hydrogen-bond acceptors (Lipinski definition) is 4. The minimum absolute atomic E-state index is 0.0687. The fourth-order valence-electron chi connectivity index (χ4n) is 1.80. The number of carbonyl (C=O) groups excluding carboxylic acids is 2. The second kappa shape index (κ2) is 8.09. The summed E-state index contributed by atoms with van der Waals surface area (Å²) in [4.78, 5) is 23.6. The SMILES string of the molecule is C[C@H](NC(=O)c1ccoc1)C(=O)NCCOc1ccc(F)c(F)c1. The minimum Gasteiger partial charge on any atom is -0.492 e. The zero-order chi connectivity index (χ0) is 17.5. The van der Waals surface area contributed by atoms with Gasteiger partial charge in [0.15, 0.2) is 11.6 Å². The molecule has 2 rings (SSSR count). The number of furan rings is 1. The van der Waals surface area contributed by atoms with E-state index in [1.807, 2.05) is 0 Å². The maximum Gasteiger partial charge on any atom is 0.255 e. The highest BCUT2D eigenvalue weighted by Gasteiger charge is 2.16. The average Bonchev–Trinajstić information content (AvgIpc) is 3.09. The van der Waals surface area contributed by atoms with Crippen LogP contribution in [-0.2, 0) is 4.79 Å². The quantitative estimate of drug-likeness (QED) is 0.755. The fourth-order valence-corrected chi connectivity index (χ4v) is 1.80. The Bertz CT molecular complexity index is 704. The number of nitrogens with one attached hydrogen (secondary N) is 2. The molecule has 128 valence electrons. The monoisotopic (exact) mass is 338 g/mol. The largest absolute Gasteiger partial charge is 0.492 e. The summed E-state index contributed by atoms with van der Waals surface area (Å²) in [7, 11) is 0. The molecule has 1 heterocycles. The Labute approximate surface area is 136 Å². The third-order valence-corrected chi connectivity index (χ3v) is 3.09. The lowest BCUT2D eigenvalue weighted by Crippen LogP contribution is -2.45. The molecule has 0 saturated carbocycles. The zero-order valence-electron chi connectivity index (χ0n) is 12.8. The molecule has 8 heteroatoms. The van der Waals surface area contributed by atoms with Crippen molar-refractivity contribution in [2.75, 3.05) is 13.2 Å². The summed E-state index contributed by atoms with van der Waals surface area (Å²) in [6.07, 6.45) is 2.63. The summed E-state index contributed by atoms with van der Waals surface area (Å²) in [5.74, 6) is -2.64. The van der Waals surface area contributed by atoms with Gasteiger partial charge in [0.25, 0.3) is 5.91 Å². The van der Waals surface area contributed by atoms with Gasteiger partial charge in [-0.3, -0.25) is 9.59 Å². The van der Waals surface area contributed by atoms with Crippen molar-refractivity contribution in [2.24, 2.45) is 0 Å². The Morgan fingerprint density at radius 2 is 2.04 bits per heavy atom. The van der Waals surface area contributed by atoms with Crippen LogP contribution >= 0.6 is 0 Å². The highest BCUT2D eigenvalue weighted by molar-refractivity contribution is 5.97. The van der Waals surface area contributed by atoms with Crippen molar-refractivity contribution in [3.63, 3.8) is 0 Å². The van der Waals surface area contributed by atoms with Crippen LogP contribution in [-0.4, -0.2) is 31.0 Å². The Kier molecular flexibility index (Phi) is 5.89. The number of benzene rings is 1. The van der Waals surface area contributed by atoms with Crippen LogP contribution in [0.25, 0.3) is 0 Å². The van der Waals surface area contributed by atoms with Gasteiger partial charge in [-0.2, -0.15) is 0 Å². The van der Waals surface area contributed by atoms with Crippen molar-refractivity contribution < 1.29 is 27.5 Å². The lowest BCUT2D eigenvalue weighted by atomic mass is 10.2. The van der Waals surface area contributed by atoms with Crippen molar-refractivity contribution in [3.05, 3.63) is 54.0 Å². The van der Waals surface area contributed by atoms with E-state index in [1.54, 1.807) is 0 Å². The standard InChI is InChI=1S/C16H16F2N2O4/c1-10(20-16(22)11-4-6-23-9-11)15(21)19-5-7-24-12-2-3-13(17)14(18)8-12/h2-4,6,8-10H,5,7H2,1H3,(H,19,21)(H,20,22)/t10-/m0/s1. The molecule has 1 atom stereocenters. The third kappa shape index (κ3) is 4.80. The van der Waals surface area contributed by atoms with Crippen LogP contribution in [0.1, 0.15) is 17.3 Å². The first-order valence-corrected chi connectivity index (χ1v) is 7.16. The topological polar surface area (TPSA) is 80.6 Å². The fraction of sp³-hybridized carbons (Fsp3) is 0.250. The van der Waals surface area contributed by atoms with Crippen LogP contribution in [0.2, 0.25) is 0 Å². The van der Waals surface area contributed by atoms with Crippen LogP contribution in [0, 0.1) is 11.6 Å². The van der Waals surface area contributed by atoms with Gasteiger partial charge in [-0.25, -0.2) is 8.78 Å². The van der Waals surface area contributed by atoms with E-state index in [0.29, 0.717) is 5.56 Å². The van der Waals surface area contributed by atoms with Gasteiger partial charge in [0, 0.05) is 6.07 Å². The van der Waals surface area contributed by atoms with Gasteiger partial charge in [0.05, 0.1) is 18.4 Å². The van der Waals surface area contributed by atoms with Crippen molar-refractivity contribution in [1.82, 2.24) is 10.6 Å². The molecular weight excluding hydrogens is 322 g/mol. The number of ether oxygens (including phenoxy) is 1. The van der Waals surface area contributed by atoms with E-state index in [4.69, 9.17) is 9.15 Å². The Morgan fingerprint density at radius 3 is 2.71 bits per heavy atom. The van der Waals surface area contributed by atoms with Gasteiger partial charge in [-0.1, -0.05) is 0 Å². The summed E-state index contributed by atoms with van der Waals surface area (Å²) >= 11 is 0. The summed E-state index contributed by atoms with van der Waals surface area (Å²) in [6.45, 7) is 1.74. The summed E-state index contributed by atoms with van der Waals surface area (Å²) in [6, 6.07) is 3.89. The Morgan fingerprint density at radius 1 is 1.25 bits per heavy atom. The van der Waals surface area contributed by atoms with Crippen LogP contribution in [0.3, 0.4) is 0 Å². The van der Waals surface area contributed by atoms with E-state index in [9.17, 15) is 18.4 Å². The van der Waals surface area contributed by atoms with Crippen molar-refractivity contribution in [2.45, 2.75) is 13.0 Å². The lowest BCUT2D eigenvalue weighted by Gasteiger charge is -2.14. The molecular formula is C16H16F2N2O4. The van der Waals surface area contributed by atoms with E-state index in [0.717, 1.165) is 12.1 Å². The van der Waals surface area contributed by atoms with Gasteiger partial charge < -0.3 is 19.8 Å². The number of amides is 2. The summed E-state index contributed by atoms with van der Waals surface area (Å²) in [5.41, 5.74) is 0.316. The van der Waals surface area contributed by atoms with E-state index < -0.39 is 29.5 Å². The molecule has 0 bridgehead atoms. The van der Waals surface area contributed by atoms with E-state index in [-0.39, 0.29) is 18.9 Å². The normalized spacial score (nSPS) is 11.6. The van der Waals surface area contributed by atoms with E-state index in [2.05, 4.69) is 10.6 Å². The molecule has 1 aromatic heterocycles. The number of rotatable bonds is 7. The van der Waals surface area contributed by atoms with Gasteiger partial charge in [0.1, 0.15) is 24.7 Å². The second-order valence-electron chi connectivity index (χ2n) is 4.92. The zero-order valence-corrected chi connectivity index (χ0v) is 12.8.